The molecular weight excluding hydrogens is 347 g/mol. The molecule has 0 radical (unpaired) electrons. The van der Waals surface area contributed by atoms with E-state index in [9.17, 15) is 13.2 Å². The highest BCUT2D eigenvalue weighted by molar-refractivity contribution is 7.93. The maximum atomic E-state index is 12.2. The number of anilines is 1. The average Bonchev–Trinajstić information content (AvgIpc) is 2.75. The number of aromatic carboxylic acids is 1. The van der Waals surface area contributed by atoms with Crippen LogP contribution in [-0.4, -0.2) is 24.5 Å². The Bertz CT molecular complexity index is 753. The van der Waals surface area contributed by atoms with Crippen molar-refractivity contribution >= 4 is 55.5 Å². The second-order valence-electron chi connectivity index (χ2n) is 3.49. The molecule has 2 rings (SSSR count). The number of thiazole rings is 1. The van der Waals surface area contributed by atoms with Crippen LogP contribution >= 0.6 is 34.5 Å². The van der Waals surface area contributed by atoms with Crippen molar-refractivity contribution in [3.8, 4) is 0 Å². The van der Waals surface area contributed by atoms with Crippen molar-refractivity contribution in [2.45, 2.75) is 4.90 Å². The zero-order valence-electron chi connectivity index (χ0n) is 9.50. The van der Waals surface area contributed by atoms with E-state index < -0.39 is 16.0 Å². The number of hydrogen-bond acceptors (Lipinski definition) is 5. The van der Waals surface area contributed by atoms with Gasteiger partial charge in [0.2, 0.25) is 0 Å². The number of aromatic nitrogens is 1. The van der Waals surface area contributed by atoms with Gasteiger partial charge in [-0.15, -0.1) is 11.3 Å². The number of carboxylic acid groups (broad SMARTS) is 1. The maximum Gasteiger partial charge on any atom is 0.357 e. The van der Waals surface area contributed by atoms with E-state index >= 15 is 0 Å². The van der Waals surface area contributed by atoms with Gasteiger partial charge < -0.3 is 5.11 Å². The number of sulfonamides is 1. The van der Waals surface area contributed by atoms with E-state index in [4.69, 9.17) is 28.3 Å². The molecule has 0 aliphatic carbocycles. The van der Waals surface area contributed by atoms with Gasteiger partial charge >= 0.3 is 5.97 Å². The summed E-state index contributed by atoms with van der Waals surface area (Å²) in [5.41, 5.74) is 0.831. The largest absolute Gasteiger partial charge is 0.476 e. The van der Waals surface area contributed by atoms with E-state index in [0.717, 1.165) is 11.3 Å². The number of halogens is 2. The first-order chi connectivity index (χ1) is 9.33. The zero-order chi connectivity index (χ0) is 14.9. The predicted octanol–water partition coefficient (Wildman–Crippen LogP) is 2.95. The Balaban J connectivity index is 2.47. The molecule has 0 saturated carbocycles. The summed E-state index contributed by atoms with van der Waals surface area (Å²) in [6, 6.07) is 4.23. The molecule has 1 heterocycles. The maximum absolute atomic E-state index is 12.2. The van der Waals surface area contributed by atoms with Crippen LogP contribution in [0.25, 0.3) is 0 Å². The Morgan fingerprint density at radius 1 is 1.30 bits per heavy atom. The van der Waals surface area contributed by atoms with Crippen LogP contribution < -0.4 is 4.72 Å². The topological polar surface area (TPSA) is 96.4 Å². The second kappa shape index (κ2) is 5.57. The molecule has 1 aromatic heterocycles. The summed E-state index contributed by atoms with van der Waals surface area (Å²) in [7, 11) is -4.11. The molecule has 2 N–H and O–H groups in total. The standard InChI is InChI=1S/C10H6Cl2N2O4S2/c11-5-2-1-3-6(12)8(5)20(17,18)14-9-7(10(15)16)13-4-19-9/h1-4,14H,(H,15,16). The molecule has 0 amide bonds. The van der Waals surface area contributed by atoms with Crippen molar-refractivity contribution in [2.75, 3.05) is 4.72 Å². The fourth-order valence-corrected chi connectivity index (χ4v) is 4.52. The number of nitrogens with one attached hydrogen (secondary N) is 1. The number of carbonyl (C=O) groups is 1. The molecular formula is C10H6Cl2N2O4S2. The molecule has 0 saturated heterocycles. The van der Waals surface area contributed by atoms with Gasteiger partial charge in [0, 0.05) is 0 Å². The quantitative estimate of drug-likeness (QED) is 0.881. The third-order valence-electron chi connectivity index (χ3n) is 2.18. The first kappa shape index (κ1) is 15.0. The summed E-state index contributed by atoms with van der Waals surface area (Å²) < 4.78 is 26.6. The number of hydrogen-bond donors (Lipinski definition) is 2. The van der Waals surface area contributed by atoms with Crippen LogP contribution in [0.3, 0.4) is 0 Å². The van der Waals surface area contributed by atoms with Crippen LogP contribution in [0, 0.1) is 0 Å². The molecule has 1 aromatic carbocycles. The van der Waals surface area contributed by atoms with Crippen LogP contribution in [0.5, 0.6) is 0 Å². The number of carboxylic acids is 1. The molecule has 10 heteroatoms. The third kappa shape index (κ3) is 2.88. The first-order valence-corrected chi connectivity index (χ1v) is 8.08. The third-order valence-corrected chi connectivity index (χ3v) is 5.36. The van der Waals surface area contributed by atoms with Gasteiger partial charge in [0.25, 0.3) is 10.0 Å². The normalized spacial score (nSPS) is 11.3. The van der Waals surface area contributed by atoms with Gasteiger partial charge in [0.05, 0.1) is 15.6 Å². The van der Waals surface area contributed by atoms with Gasteiger partial charge in [-0.3, -0.25) is 4.72 Å². The first-order valence-electron chi connectivity index (χ1n) is 4.96. The fourth-order valence-electron chi connectivity index (χ4n) is 1.38. The average molecular weight is 353 g/mol. The highest BCUT2D eigenvalue weighted by Gasteiger charge is 2.25. The molecule has 2 aromatic rings. The molecule has 0 spiro atoms. The molecule has 0 atom stereocenters. The summed E-state index contributed by atoms with van der Waals surface area (Å²) in [4.78, 5) is 14.1. The Morgan fingerprint density at radius 3 is 2.45 bits per heavy atom. The van der Waals surface area contributed by atoms with E-state index in [-0.39, 0.29) is 25.6 Å². The number of nitrogens with zero attached hydrogens (tertiary/aromatic N) is 1. The molecule has 106 valence electrons. The molecule has 0 aliphatic heterocycles. The Kier molecular flexibility index (Phi) is 4.19. The van der Waals surface area contributed by atoms with Crippen LogP contribution in [0.2, 0.25) is 10.0 Å². The van der Waals surface area contributed by atoms with Gasteiger partial charge in [0.1, 0.15) is 9.90 Å². The van der Waals surface area contributed by atoms with Crippen LogP contribution in [0.1, 0.15) is 10.5 Å². The van der Waals surface area contributed by atoms with E-state index in [1.165, 1.54) is 23.7 Å². The second-order valence-corrected chi connectivity index (χ2v) is 6.78. The Labute approximate surface area is 128 Å². The molecule has 20 heavy (non-hydrogen) atoms. The van der Waals surface area contributed by atoms with Crippen molar-refractivity contribution in [2.24, 2.45) is 0 Å². The summed E-state index contributed by atoms with van der Waals surface area (Å²) in [6.07, 6.45) is 0. The smallest absolute Gasteiger partial charge is 0.357 e. The molecule has 0 fully saturated rings. The van der Waals surface area contributed by atoms with E-state index in [2.05, 4.69) is 9.71 Å². The zero-order valence-corrected chi connectivity index (χ0v) is 12.6. The fraction of sp³-hybridized carbons (Fsp3) is 0. The number of rotatable bonds is 4. The van der Waals surface area contributed by atoms with E-state index in [1.807, 2.05) is 0 Å². The minimum Gasteiger partial charge on any atom is -0.476 e. The lowest BCUT2D eigenvalue weighted by atomic mass is 10.4. The lowest BCUT2D eigenvalue weighted by molar-refractivity contribution is 0.0692. The van der Waals surface area contributed by atoms with Crippen molar-refractivity contribution in [1.29, 1.82) is 0 Å². The molecule has 6 nitrogen and oxygen atoms in total. The van der Waals surface area contributed by atoms with Gasteiger partial charge in [-0.05, 0) is 12.1 Å². The lowest BCUT2D eigenvalue weighted by Crippen LogP contribution is -2.15. The van der Waals surface area contributed by atoms with Crippen molar-refractivity contribution < 1.29 is 18.3 Å². The van der Waals surface area contributed by atoms with Gasteiger partial charge in [-0.1, -0.05) is 29.3 Å². The minimum absolute atomic E-state index is 0.0635. The highest BCUT2D eigenvalue weighted by Crippen LogP contribution is 2.32. The minimum atomic E-state index is -4.11. The van der Waals surface area contributed by atoms with Crippen molar-refractivity contribution in [3.63, 3.8) is 0 Å². The molecule has 0 aliphatic rings. The number of benzene rings is 1. The SMILES string of the molecule is O=C(O)c1ncsc1NS(=O)(=O)c1c(Cl)cccc1Cl. The van der Waals surface area contributed by atoms with Gasteiger partial charge in [-0.2, -0.15) is 0 Å². The van der Waals surface area contributed by atoms with Crippen molar-refractivity contribution in [3.05, 3.63) is 39.4 Å². The van der Waals surface area contributed by atoms with Crippen LogP contribution in [-0.2, 0) is 10.0 Å². The predicted molar refractivity (Wildman–Crippen MR) is 76.3 cm³/mol. The Hall–Kier alpha value is -1.35. The lowest BCUT2D eigenvalue weighted by Gasteiger charge is -2.09. The van der Waals surface area contributed by atoms with Gasteiger partial charge in [-0.25, -0.2) is 18.2 Å². The summed E-state index contributed by atoms with van der Waals surface area (Å²) in [5, 5.41) is 8.64. The highest BCUT2D eigenvalue weighted by atomic mass is 35.5. The monoisotopic (exact) mass is 352 g/mol. The Morgan fingerprint density at radius 2 is 1.90 bits per heavy atom. The molecule has 0 unspecified atom stereocenters. The van der Waals surface area contributed by atoms with Crippen LogP contribution in [0.15, 0.2) is 28.6 Å². The van der Waals surface area contributed by atoms with Crippen molar-refractivity contribution in [1.82, 2.24) is 4.98 Å². The van der Waals surface area contributed by atoms with E-state index in [1.54, 1.807) is 0 Å². The van der Waals surface area contributed by atoms with Crippen LogP contribution in [0.4, 0.5) is 5.00 Å². The van der Waals surface area contributed by atoms with Gasteiger partial charge in [0.15, 0.2) is 5.69 Å². The van der Waals surface area contributed by atoms with E-state index in [0.29, 0.717) is 0 Å². The summed E-state index contributed by atoms with van der Waals surface area (Å²) in [5.74, 6) is -1.34. The summed E-state index contributed by atoms with van der Waals surface area (Å²) >= 11 is 12.5. The summed E-state index contributed by atoms with van der Waals surface area (Å²) in [6.45, 7) is 0. The molecule has 0 bridgehead atoms.